The number of anilines is 1. The van der Waals surface area contributed by atoms with E-state index in [1.165, 1.54) is 4.90 Å². The van der Waals surface area contributed by atoms with Crippen molar-refractivity contribution in [1.29, 1.82) is 0 Å². The number of likely N-dealkylation sites (tertiary alicyclic amines) is 2. The van der Waals surface area contributed by atoms with Gasteiger partial charge in [-0.3, -0.25) is 14.5 Å². The topological polar surface area (TPSA) is 69.7 Å². The summed E-state index contributed by atoms with van der Waals surface area (Å²) in [5.41, 5.74) is 0.763. The van der Waals surface area contributed by atoms with Crippen molar-refractivity contribution in [2.45, 2.75) is 31.7 Å². The minimum absolute atomic E-state index is 0.0525. The summed E-state index contributed by atoms with van der Waals surface area (Å²) in [5, 5.41) is 2.85. The van der Waals surface area contributed by atoms with Crippen LogP contribution in [0, 0.1) is 0 Å². The molecule has 0 radical (unpaired) electrons. The summed E-state index contributed by atoms with van der Waals surface area (Å²) in [5.74, 6) is -0.144. The van der Waals surface area contributed by atoms with Crippen LogP contribution >= 0.6 is 0 Å². The number of nitrogens with one attached hydrogen (secondary N) is 1. The van der Waals surface area contributed by atoms with Gasteiger partial charge in [-0.05, 0) is 25.0 Å². The van der Waals surface area contributed by atoms with E-state index in [0.29, 0.717) is 38.8 Å². The van der Waals surface area contributed by atoms with Crippen LogP contribution in [0.1, 0.15) is 25.7 Å². The van der Waals surface area contributed by atoms with Crippen LogP contribution in [0.4, 0.5) is 10.5 Å². The lowest BCUT2D eigenvalue weighted by molar-refractivity contribution is -0.141. The van der Waals surface area contributed by atoms with Crippen molar-refractivity contribution < 1.29 is 14.4 Å². The summed E-state index contributed by atoms with van der Waals surface area (Å²) in [6.45, 7) is 1.11. The first kappa shape index (κ1) is 14.6. The van der Waals surface area contributed by atoms with Crippen molar-refractivity contribution in [2.24, 2.45) is 0 Å². The molecule has 2 aliphatic heterocycles. The number of nitrogens with zero attached hydrogens (tertiary/aromatic N) is 2. The lowest BCUT2D eigenvalue weighted by atomic mass is 10.0. The first-order valence-corrected chi connectivity index (χ1v) is 7.61. The highest BCUT2D eigenvalue weighted by atomic mass is 16.2. The molecule has 0 unspecified atom stereocenters. The first-order valence-electron chi connectivity index (χ1n) is 7.61. The Hall–Kier alpha value is -2.37. The van der Waals surface area contributed by atoms with E-state index in [4.69, 9.17) is 0 Å². The highest BCUT2D eigenvalue weighted by Gasteiger charge is 2.37. The molecule has 22 heavy (non-hydrogen) atoms. The minimum Gasteiger partial charge on any atom is -0.324 e. The number of piperidine rings is 1. The molecule has 0 saturated carbocycles. The number of benzene rings is 1. The molecule has 4 amide bonds. The fourth-order valence-corrected chi connectivity index (χ4v) is 3.05. The first-order chi connectivity index (χ1) is 10.6. The lowest BCUT2D eigenvalue weighted by Gasteiger charge is -2.35. The third-order valence-corrected chi connectivity index (χ3v) is 4.23. The molecule has 1 aromatic rings. The van der Waals surface area contributed by atoms with Crippen molar-refractivity contribution in [2.75, 3.05) is 18.4 Å². The molecule has 1 aromatic carbocycles. The van der Waals surface area contributed by atoms with Gasteiger partial charge >= 0.3 is 6.03 Å². The summed E-state index contributed by atoms with van der Waals surface area (Å²) < 4.78 is 0. The molecule has 116 valence electrons. The summed E-state index contributed by atoms with van der Waals surface area (Å²) >= 11 is 0. The maximum absolute atomic E-state index is 12.2. The Morgan fingerprint density at radius 2 is 1.59 bits per heavy atom. The van der Waals surface area contributed by atoms with Gasteiger partial charge < -0.3 is 10.2 Å². The second-order valence-corrected chi connectivity index (χ2v) is 5.67. The van der Waals surface area contributed by atoms with Crippen LogP contribution in [-0.4, -0.2) is 46.8 Å². The van der Waals surface area contributed by atoms with Gasteiger partial charge in [0.05, 0.1) is 0 Å². The largest absolute Gasteiger partial charge is 0.324 e. The molecule has 2 heterocycles. The molecular formula is C16H19N3O3. The van der Waals surface area contributed by atoms with Crippen molar-refractivity contribution in [3.63, 3.8) is 0 Å². The molecule has 0 bridgehead atoms. The van der Waals surface area contributed by atoms with Crippen LogP contribution in [0.25, 0.3) is 0 Å². The quantitative estimate of drug-likeness (QED) is 0.847. The maximum Gasteiger partial charge on any atom is 0.321 e. The average molecular weight is 301 g/mol. The van der Waals surface area contributed by atoms with Crippen molar-refractivity contribution in [3.05, 3.63) is 30.3 Å². The van der Waals surface area contributed by atoms with E-state index in [1.54, 1.807) is 4.90 Å². The summed E-state index contributed by atoms with van der Waals surface area (Å²) in [6, 6.07) is 9.12. The highest BCUT2D eigenvalue weighted by Crippen LogP contribution is 2.23. The van der Waals surface area contributed by atoms with Crippen LogP contribution in [0.3, 0.4) is 0 Å². The van der Waals surface area contributed by atoms with Gasteiger partial charge in [-0.25, -0.2) is 4.79 Å². The number of carbonyl (C=O) groups excluding carboxylic acids is 3. The van der Waals surface area contributed by atoms with E-state index in [1.807, 2.05) is 30.3 Å². The Balaban J connectivity index is 1.54. The highest BCUT2D eigenvalue weighted by molar-refractivity contribution is 6.02. The predicted octanol–water partition coefficient (Wildman–Crippen LogP) is 1.83. The van der Waals surface area contributed by atoms with Crippen molar-refractivity contribution in [1.82, 2.24) is 9.80 Å². The Morgan fingerprint density at radius 3 is 2.18 bits per heavy atom. The number of carbonyl (C=O) groups is 3. The molecule has 0 aliphatic carbocycles. The molecular weight excluding hydrogens is 282 g/mol. The molecule has 3 rings (SSSR count). The van der Waals surface area contributed by atoms with Gasteiger partial charge in [0.1, 0.15) is 0 Å². The zero-order chi connectivity index (χ0) is 15.5. The number of hydrogen-bond acceptors (Lipinski definition) is 3. The fraction of sp³-hybridized carbons (Fsp3) is 0.438. The third-order valence-electron chi connectivity index (χ3n) is 4.23. The Morgan fingerprint density at radius 1 is 1.00 bits per heavy atom. The third kappa shape index (κ3) is 2.95. The monoisotopic (exact) mass is 301 g/mol. The predicted molar refractivity (Wildman–Crippen MR) is 81.1 cm³/mol. The zero-order valence-corrected chi connectivity index (χ0v) is 12.3. The van der Waals surface area contributed by atoms with Crippen LogP contribution < -0.4 is 5.32 Å². The molecule has 6 heteroatoms. The number of urea groups is 1. The van der Waals surface area contributed by atoms with E-state index in [9.17, 15) is 14.4 Å². The maximum atomic E-state index is 12.2. The normalized spacial score (nSPS) is 19.6. The van der Waals surface area contributed by atoms with Gasteiger partial charge in [0, 0.05) is 37.7 Å². The van der Waals surface area contributed by atoms with Gasteiger partial charge in [0.2, 0.25) is 11.8 Å². The number of amides is 4. The Labute approximate surface area is 129 Å². The van der Waals surface area contributed by atoms with E-state index in [-0.39, 0.29) is 23.9 Å². The van der Waals surface area contributed by atoms with Crippen LogP contribution in [0.2, 0.25) is 0 Å². The van der Waals surface area contributed by atoms with Crippen LogP contribution in [-0.2, 0) is 9.59 Å². The summed E-state index contributed by atoms with van der Waals surface area (Å²) in [4.78, 5) is 38.8. The summed E-state index contributed by atoms with van der Waals surface area (Å²) in [6.07, 6.45) is 1.96. The molecule has 0 atom stereocenters. The van der Waals surface area contributed by atoms with Gasteiger partial charge in [-0.1, -0.05) is 18.2 Å². The summed E-state index contributed by atoms with van der Waals surface area (Å²) in [7, 11) is 0. The molecule has 2 saturated heterocycles. The molecule has 6 nitrogen and oxygen atoms in total. The van der Waals surface area contributed by atoms with E-state index >= 15 is 0 Å². The second-order valence-electron chi connectivity index (χ2n) is 5.67. The molecule has 0 aromatic heterocycles. The number of para-hydroxylation sites is 1. The van der Waals surface area contributed by atoms with E-state index < -0.39 is 0 Å². The van der Waals surface area contributed by atoms with Gasteiger partial charge in [-0.15, -0.1) is 0 Å². The fourth-order valence-electron chi connectivity index (χ4n) is 3.05. The van der Waals surface area contributed by atoms with Crippen LogP contribution in [0.5, 0.6) is 0 Å². The van der Waals surface area contributed by atoms with E-state index in [0.717, 1.165) is 5.69 Å². The van der Waals surface area contributed by atoms with Gasteiger partial charge in [0.25, 0.3) is 0 Å². The molecule has 0 spiro atoms. The zero-order valence-electron chi connectivity index (χ0n) is 12.3. The van der Waals surface area contributed by atoms with Gasteiger partial charge in [-0.2, -0.15) is 0 Å². The van der Waals surface area contributed by atoms with E-state index in [2.05, 4.69) is 5.32 Å². The average Bonchev–Trinajstić information content (AvgIpc) is 2.87. The molecule has 1 N–H and O–H groups in total. The SMILES string of the molecule is O=C(Nc1ccccc1)N1CCC(N2C(=O)CCC2=O)CC1. The Bertz CT molecular complexity index is 564. The second kappa shape index (κ2) is 6.17. The minimum atomic E-state index is -0.135. The smallest absolute Gasteiger partial charge is 0.321 e. The Kier molecular flexibility index (Phi) is 4.09. The lowest BCUT2D eigenvalue weighted by Crippen LogP contribution is -2.49. The van der Waals surface area contributed by atoms with Gasteiger partial charge in [0.15, 0.2) is 0 Å². The van der Waals surface area contributed by atoms with Crippen molar-refractivity contribution in [3.8, 4) is 0 Å². The van der Waals surface area contributed by atoms with Crippen molar-refractivity contribution >= 4 is 23.5 Å². The molecule has 2 aliphatic rings. The number of imide groups is 1. The standard InChI is InChI=1S/C16H19N3O3/c20-14-6-7-15(21)19(14)13-8-10-18(11-9-13)16(22)17-12-4-2-1-3-5-12/h1-5,13H,6-11H2,(H,17,22). The number of hydrogen-bond donors (Lipinski definition) is 1. The number of rotatable bonds is 2. The molecule has 2 fully saturated rings. The van der Waals surface area contributed by atoms with Crippen LogP contribution in [0.15, 0.2) is 30.3 Å².